The molecule has 0 atom stereocenters. The molecule has 4 heteroatoms. The molecule has 4 aromatic rings. The Balaban J connectivity index is 0.00000182. The Bertz CT molecular complexity index is 1030. The van der Waals surface area contributed by atoms with E-state index in [0.29, 0.717) is 0 Å². The number of quaternary nitrogens is 1. The summed E-state index contributed by atoms with van der Waals surface area (Å²) in [6, 6.07) is 23.0. The monoisotopic (exact) mass is 350 g/mol. The van der Waals surface area contributed by atoms with Crippen LogP contribution in [0.3, 0.4) is 0 Å². The molecule has 0 spiro atoms. The van der Waals surface area contributed by atoms with E-state index in [4.69, 9.17) is 9.72 Å². The third kappa shape index (κ3) is 3.29. The molecule has 1 heterocycles. The van der Waals surface area contributed by atoms with Gasteiger partial charge in [-0.1, -0.05) is 30.3 Å². The predicted octanol–water partition coefficient (Wildman–Crippen LogP) is 1.24. The second kappa shape index (κ2) is 7.09. The number of benzene rings is 3. The van der Waals surface area contributed by atoms with E-state index in [1.807, 2.05) is 19.1 Å². The van der Waals surface area contributed by atoms with E-state index in [1.165, 1.54) is 21.8 Å². The Labute approximate surface area is 153 Å². The van der Waals surface area contributed by atoms with Gasteiger partial charge in [-0.05, 0) is 30.5 Å². The van der Waals surface area contributed by atoms with E-state index in [0.717, 1.165) is 22.6 Å². The number of fused-ring (bicyclic) bond motifs is 3. The van der Waals surface area contributed by atoms with Crippen LogP contribution in [0.15, 0.2) is 66.7 Å². The highest BCUT2D eigenvalue weighted by Crippen LogP contribution is 2.28. The zero-order chi connectivity index (χ0) is 16.5. The lowest BCUT2D eigenvalue weighted by Gasteiger charge is -2.09. The van der Waals surface area contributed by atoms with E-state index in [-0.39, 0.29) is 12.4 Å². The second-order valence-corrected chi connectivity index (χ2v) is 5.95. The smallest absolute Gasteiger partial charge is 0.145 e. The van der Waals surface area contributed by atoms with Crippen LogP contribution in [0.1, 0.15) is 5.69 Å². The normalized spacial score (nSPS) is 10.6. The van der Waals surface area contributed by atoms with Crippen LogP contribution in [-0.2, 0) is 0 Å². The molecule has 3 nitrogen and oxygen atoms in total. The molecule has 0 saturated heterocycles. The van der Waals surface area contributed by atoms with Crippen molar-refractivity contribution in [1.82, 2.24) is 4.98 Å². The van der Waals surface area contributed by atoms with Crippen molar-refractivity contribution in [2.24, 2.45) is 0 Å². The van der Waals surface area contributed by atoms with Gasteiger partial charge in [0.2, 0.25) is 0 Å². The van der Waals surface area contributed by atoms with Gasteiger partial charge >= 0.3 is 0 Å². The van der Waals surface area contributed by atoms with Gasteiger partial charge in [-0.2, -0.15) is 0 Å². The molecular weight excluding hydrogens is 332 g/mol. The van der Waals surface area contributed by atoms with E-state index >= 15 is 0 Å². The van der Waals surface area contributed by atoms with Crippen molar-refractivity contribution >= 4 is 33.1 Å². The minimum atomic E-state index is 0. The van der Waals surface area contributed by atoms with Crippen LogP contribution >= 0.6 is 0 Å². The minimum absolute atomic E-state index is 0. The molecule has 0 amide bonds. The molecule has 0 fully saturated rings. The number of hydrogen-bond donors (Lipinski definition) is 1. The summed E-state index contributed by atoms with van der Waals surface area (Å²) in [6.07, 6.45) is 0. The van der Waals surface area contributed by atoms with Gasteiger partial charge in [0, 0.05) is 29.3 Å². The topological polar surface area (TPSA) is 38.7 Å². The molecule has 2 N–H and O–H groups in total. The average Bonchev–Trinajstić information content (AvgIpc) is 2.62. The highest BCUT2D eigenvalue weighted by atomic mass is 35.5. The predicted molar refractivity (Wildman–Crippen MR) is 98.2 cm³/mol. The van der Waals surface area contributed by atoms with Crippen LogP contribution < -0.4 is 22.5 Å². The fourth-order valence-corrected chi connectivity index (χ4v) is 3.12. The summed E-state index contributed by atoms with van der Waals surface area (Å²) in [5.41, 5.74) is 4.43. The zero-order valence-corrected chi connectivity index (χ0v) is 14.9. The van der Waals surface area contributed by atoms with Crippen molar-refractivity contribution < 1.29 is 22.5 Å². The van der Waals surface area contributed by atoms with Crippen LogP contribution in [0.4, 0.5) is 11.4 Å². The molecule has 0 radical (unpaired) electrons. The summed E-state index contributed by atoms with van der Waals surface area (Å²) >= 11 is 0. The molecule has 3 aromatic carbocycles. The van der Waals surface area contributed by atoms with Crippen LogP contribution in [0.5, 0.6) is 5.75 Å². The van der Waals surface area contributed by atoms with Crippen molar-refractivity contribution in [2.75, 3.05) is 7.11 Å². The molecule has 0 aliphatic heterocycles. The molecule has 0 aliphatic rings. The average molecular weight is 351 g/mol. The maximum absolute atomic E-state index is 5.23. The number of nitrogens with two attached hydrogens (primary N) is 1. The molecule has 1 aromatic heterocycles. The SMILES string of the molecule is COc1ccc([NH2+]c2cc(C)nc3c2ccc2ccccc23)cc1.[Cl-]. The second-order valence-electron chi connectivity index (χ2n) is 5.95. The minimum Gasteiger partial charge on any atom is -1.00 e. The third-order valence-electron chi connectivity index (χ3n) is 4.30. The van der Waals surface area contributed by atoms with Crippen molar-refractivity contribution in [2.45, 2.75) is 6.92 Å². The van der Waals surface area contributed by atoms with Gasteiger partial charge in [-0.15, -0.1) is 0 Å². The molecule has 4 rings (SSSR count). The summed E-state index contributed by atoms with van der Waals surface area (Å²) in [7, 11) is 1.68. The summed E-state index contributed by atoms with van der Waals surface area (Å²) in [6.45, 7) is 2.05. The van der Waals surface area contributed by atoms with Crippen molar-refractivity contribution in [3.05, 3.63) is 72.4 Å². The number of ether oxygens (including phenoxy) is 1. The Morgan fingerprint density at radius 1 is 0.880 bits per heavy atom. The van der Waals surface area contributed by atoms with Crippen molar-refractivity contribution in [3.63, 3.8) is 0 Å². The van der Waals surface area contributed by atoms with Gasteiger partial charge in [0.1, 0.15) is 17.1 Å². The van der Waals surface area contributed by atoms with E-state index in [2.05, 4.69) is 59.9 Å². The molecular formula is C21H19ClN2O. The number of hydrogen-bond acceptors (Lipinski definition) is 2. The number of pyridine rings is 1. The molecule has 0 aliphatic carbocycles. The summed E-state index contributed by atoms with van der Waals surface area (Å²) in [4.78, 5) is 4.79. The highest BCUT2D eigenvalue weighted by Gasteiger charge is 2.11. The van der Waals surface area contributed by atoms with E-state index in [9.17, 15) is 0 Å². The van der Waals surface area contributed by atoms with Gasteiger partial charge in [0.15, 0.2) is 0 Å². The van der Waals surface area contributed by atoms with Crippen molar-refractivity contribution in [3.8, 4) is 5.75 Å². The third-order valence-corrected chi connectivity index (χ3v) is 4.30. The lowest BCUT2D eigenvalue weighted by Crippen LogP contribution is -3.00. The molecule has 0 saturated carbocycles. The summed E-state index contributed by atoms with van der Waals surface area (Å²) < 4.78 is 5.23. The van der Waals surface area contributed by atoms with Crippen LogP contribution in [-0.4, -0.2) is 12.1 Å². The van der Waals surface area contributed by atoms with Crippen LogP contribution in [0.25, 0.3) is 21.7 Å². The van der Waals surface area contributed by atoms with E-state index in [1.54, 1.807) is 7.11 Å². The lowest BCUT2D eigenvalue weighted by atomic mass is 10.0. The number of aromatic nitrogens is 1. The Morgan fingerprint density at radius 3 is 2.40 bits per heavy atom. The van der Waals surface area contributed by atoms with Gasteiger partial charge in [0.25, 0.3) is 0 Å². The van der Waals surface area contributed by atoms with Gasteiger partial charge < -0.3 is 17.1 Å². The number of halogens is 1. The summed E-state index contributed by atoms with van der Waals surface area (Å²) in [5.74, 6) is 0.869. The number of rotatable bonds is 3. The lowest BCUT2D eigenvalue weighted by molar-refractivity contribution is -0.477. The molecule has 0 bridgehead atoms. The van der Waals surface area contributed by atoms with Gasteiger partial charge in [-0.3, -0.25) is 10.3 Å². The standard InChI is InChI=1S/C21H18N2O.ClH/c1-14-13-20(23-16-8-10-17(24-2)11-9-16)19-12-7-15-5-3-4-6-18(15)21(19)22-14;/h3-13H,1-2H3,(H,22,23);1H. The first-order valence-corrected chi connectivity index (χ1v) is 8.02. The van der Waals surface area contributed by atoms with Crippen molar-refractivity contribution in [1.29, 1.82) is 0 Å². The largest absolute Gasteiger partial charge is 1.00 e. The Kier molecular flexibility index (Phi) is 4.88. The fourth-order valence-electron chi connectivity index (χ4n) is 3.12. The maximum atomic E-state index is 5.23. The zero-order valence-electron chi connectivity index (χ0n) is 14.2. The first-order valence-electron chi connectivity index (χ1n) is 8.02. The molecule has 126 valence electrons. The quantitative estimate of drug-likeness (QED) is 0.446. The molecule has 25 heavy (non-hydrogen) atoms. The Morgan fingerprint density at radius 2 is 1.64 bits per heavy atom. The highest BCUT2D eigenvalue weighted by molar-refractivity contribution is 6.08. The number of methoxy groups -OCH3 is 1. The summed E-state index contributed by atoms with van der Waals surface area (Å²) in [5, 5.41) is 5.79. The first kappa shape index (κ1) is 17.2. The maximum Gasteiger partial charge on any atom is 0.145 e. The number of aryl methyl sites for hydroxylation is 1. The van der Waals surface area contributed by atoms with Gasteiger partial charge in [0.05, 0.1) is 18.0 Å². The number of nitrogens with zero attached hydrogens (tertiary/aromatic N) is 1. The van der Waals surface area contributed by atoms with Crippen LogP contribution in [0.2, 0.25) is 0 Å². The fraction of sp³-hybridized carbons (Fsp3) is 0.0952. The molecule has 0 unspecified atom stereocenters. The first-order chi connectivity index (χ1) is 11.7. The van der Waals surface area contributed by atoms with Gasteiger partial charge in [-0.25, -0.2) is 0 Å². The Hall–Kier alpha value is -2.62. The van der Waals surface area contributed by atoms with E-state index < -0.39 is 0 Å². The van der Waals surface area contributed by atoms with Crippen LogP contribution in [0, 0.1) is 6.92 Å².